The molecule has 0 aliphatic heterocycles. The molecular formula is C21H14F7N5O. The Morgan fingerprint density at radius 1 is 1.12 bits per heavy atom. The summed E-state index contributed by atoms with van der Waals surface area (Å²) in [6.45, 7) is 0.851. The first-order chi connectivity index (χ1) is 15.8. The summed E-state index contributed by atoms with van der Waals surface area (Å²) in [4.78, 5) is 21.7. The van der Waals surface area contributed by atoms with Gasteiger partial charge in [0.1, 0.15) is 6.33 Å². The second kappa shape index (κ2) is 9.12. The van der Waals surface area contributed by atoms with E-state index in [1.807, 2.05) is 0 Å². The molecule has 0 saturated heterocycles. The lowest BCUT2D eigenvalue weighted by Gasteiger charge is -2.27. The van der Waals surface area contributed by atoms with E-state index in [0.717, 1.165) is 22.0 Å². The number of terminal acetylenes is 1. The molecule has 2 heterocycles. The molecule has 34 heavy (non-hydrogen) atoms. The number of pyridine rings is 1. The lowest BCUT2D eigenvalue weighted by molar-refractivity contribution is -0.143. The number of carbonyl (C=O) groups excluding carboxylic acids is 1. The van der Waals surface area contributed by atoms with Crippen LogP contribution in [0.25, 0.3) is 5.82 Å². The minimum Gasteiger partial charge on any atom is -0.318 e. The molecule has 3 rings (SSSR count). The van der Waals surface area contributed by atoms with Crippen LogP contribution in [0.2, 0.25) is 0 Å². The van der Waals surface area contributed by atoms with Crippen LogP contribution in [0.3, 0.4) is 0 Å². The van der Waals surface area contributed by atoms with Crippen molar-refractivity contribution in [3.05, 3.63) is 71.2 Å². The van der Waals surface area contributed by atoms with E-state index in [-0.39, 0.29) is 17.7 Å². The highest BCUT2D eigenvalue weighted by Gasteiger charge is 2.38. The number of hydrogen-bond donors (Lipinski definition) is 0. The fraction of sp³-hybridized carbons (Fsp3) is 0.238. The molecule has 0 N–H and O–H groups in total. The third kappa shape index (κ3) is 5.00. The van der Waals surface area contributed by atoms with Gasteiger partial charge in [-0.1, -0.05) is 5.92 Å². The number of hydrogen-bond acceptors (Lipinski definition) is 4. The van der Waals surface area contributed by atoms with Crippen molar-refractivity contribution in [1.29, 1.82) is 0 Å². The van der Waals surface area contributed by atoms with Gasteiger partial charge in [-0.15, -0.1) is 6.42 Å². The van der Waals surface area contributed by atoms with Gasteiger partial charge in [-0.3, -0.25) is 4.79 Å². The van der Waals surface area contributed by atoms with Gasteiger partial charge in [0.05, 0.1) is 23.7 Å². The van der Waals surface area contributed by atoms with Gasteiger partial charge in [-0.2, -0.15) is 36.1 Å². The van der Waals surface area contributed by atoms with Crippen molar-refractivity contribution in [3.8, 4) is 18.2 Å². The zero-order valence-corrected chi connectivity index (χ0v) is 17.2. The van der Waals surface area contributed by atoms with Gasteiger partial charge >= 0.3 is 12.4 Å². The average molecular weight is 485 g/mol. The van der Waals surface area contributed by atoms with Crippen molar-refractivity contribution in [2.75, 3.05) is 6.54 Å². The van der Waals surface area contributed by atoms with Crippen LogP contribution in [0.15, 0.2) is 42.9 Å². The summed E-state index contributed by atoms with van der Waals surface area (Å²) in [5, 5.41) is 3.85. The standard InChI is InChI=1S/C21H14F7N5O/c1-3-7-32(12(2)17-30-11-31-33(17)18-16(22)5-4-6-29-18)19(34)13-8-14(20(23,24)25)10-15(9-13)21(26,27)28/h1,4-6,8-12H,7H2,2H3. The lowest BCUT2D eigenvalue weighted by atomic mass is 10.0. The van der Waals surface area contributed by atoms with Crippen LogP contribution in [-0.2, 0) is 12.4 Å². The Bertz CT molecular complexity index is 1210. The maximum atomic E-state index is 14.2. The molecule has 0 radical (unpaired) electrons. The number of alkyl halides is 6. The first-order valence-corrected chi connectivity index (χ1v) is 9.39. The average Bonchev–Trinajstić information content (AvgIpc) is 3.25. The molecule has 0 saturated carbocycles. The molecule has 2 aromatic heterocycles. The molecule has 0 bridgehead atoms. The second-order valence-corrected chi connectivity index (χ2v) is 6.95. The van der Waals surface area contributed by atoms with Crippen molar-refractivity contribution < 1.29 is 35.5 Å². The molecule has 1 aromatic carbocycles. The summed E-state index contributed by atoms with van der Waals surface area (Å²) >= 11 is 0. The topological polar surface area (TPSA) is 63.9 Å². The highest BCUT2D eigenvalue weighted by Crippen LogP contribution is 2.37. The fourth-order valence-corrected chi connectivity index (χ4v) is 3.10. The van der Waals surface area contributed by atoms with Crippen LogP contribution < -0.4 is 0 Å². The first-order valence-electron chi connectivity index (χ1n) is 9.39. The molecule has 13 heteroatoms. The van der Waals surface area contributed by atoms with Gasteiger partial charge in [0.25, 0.3) is 5.91 Å². The van der Waals surface area contributed by atoms with E-state index in [1.54, 1.807) is 0 Å². The van der Waals surface area contributed by atoms with Crippen LogP contribution in [-0.4, -0.2) is 37.1 Å². The van der Waals surface area contributed by atoms with E-state index in [9.17, 15) is 35.5 Å². The highest BCUT2D eigenvalue weighted by atomic mass is 19.4. The van der Waals surface area contributed by atoms with Crippen LogP contribution in [0, 0.1) is 18.2 Å². The monoisotopic (exact) mass is 485 g/mol. The van der Waals surface area contributed by atoms with E-state index in [4.69, 9.17) is 6.42 Å². The molecule has 178 valence electrons. The van der Waals surface area contributed by atoms with E-state index in [0.29, 0.717) is 12.1 Å². The van der Waals surface area contributed by atoms with Gasteiger partial charge in [-0.25, -0.2) is 14.4 Å². The number of amides is 1. The molecule has 1 atom stereocenters. The highest BCUT2D eigenvalue weighted by molar-refractivity contribution is 5.95. The molecule has 0 aliphatic rings. The predicted octanol–water partition coefficient (Wildman–Crippen LogP) is 4.68. The number of halogens is 7. The predicted molar refractivity (Wildman–Crippen MR) is 104 cm³/mol. The molecule has 0 aliphatic carbocycles. The van der Waals surface area contributed by atoms with Gasteiger partial charge in [-0.05, 0) is 37.3 Å². The number of nitrogens with zero attached hydrogens (tertiary/aromatic N) is 5. The molecule has 0 spiro atoms. The maximum absolute atomic E-state index is 14.2. The molecule has 3 aromatic rings. The van der Waals surface area contributed by atoms with E-state index >= 15 is 0 Å². The number of carbonyl (C=O) groups is 1. The Labute approximate surface area is 188 Å². The molecule has 1 unspecified atom stereocenters. The van der Waals surface area contributed by atoms with Crippen LogP contribution in [0.4, 0.5) is 30.7 Å². The SMILES string of the molecule is C#CCN(C(=O)c1cc(C(F)(F)F)cc(C(F)(F)F)c1)C(C)c1ncnn1-c1ncccc1F. The third-order valence-corrected chi connectivity index (χ3v) is 4.71. The zero-order chi connectivity index (χ0) is 25.3. The van der Waals surface area contributed by atoms with Crippen molar-refractivity contribution in [2.24, 2.45) is 0 Å². The molecule has 6 nitrogen and oxygen atoms in total. The van der Waals surface area contributed by atoms with Gasteiger partial charge in [0.2, 0.25) is 0 Å². The van der Waals surface area contributed by atoms with Crippen LogP contribution in [0.1, 0.15) is 40.3 Å². The number of benzene rings is 1. The van der Waals surface area contributed by atoms with Gasteiger partial charge in [0, 0.05) is 11.8 Å². The molecule has 0 fully saturated rings. The summed E-state index contributed by atoms with van der Waals surface area (Å²) in [6, 6.07) is 1.78. The lowest BCUT2D eigenvalue weighted by Crippen LogP contribution is -2.36. The molecule has 1 amide bonds. The van der Waals surface area contributed by atoms with Gasteiger partial charge < -0.3 is 4.90 Å². The van der Waals surface area contributed by atoms with Gasteiger partial charge in [0.15, 0.2) is 17.5 Å². The Balaban J connectivity index is 2.08. The van der Waals surface area contributed by atoms with Crippen LogP contribution in [0.5, 0.6) is 0 Å². The summed E-state index contributed by atoms with van der Waals surface area (Å²) in [7, 11) is 0. The largest absolute Gasteiger partial charge is 0.416 e. The minimum absolute atomic E-state index is 0.0794. The van der Waals surface area contributed by atoms with Crippen molar-refractivity contribution in [3.63, 3.8) is 0 Å². The molecular weight excluding hydrogens is 471 g/mol. The summed E-state index contributed by atoms with van der Waals surface area (Å²) in [6.07, 6.45) is -2.72. The quantitative estimate of drug-likeness (QED) is 0.389. The van der Waals surface area contributed by atoms with Crippen molar-refractivity contribution in [1.82, 2.24) is 24.6 Å². The summed E-state index contributed by atoms with van der Waals surface area (Å²) < 4.78 is 94.5. The Kier molecular flexibility index (Phi) is 6.63. The van der Waals surface area contributed by atoms with E-state index in [1.165, 1.54) is 19.2 Å². The Hall–Kier alpha value is -3.95. The fourth-order valence-electron chi connectivity index (χ4n) is 3.10. The first kappa shape index (κ1) is 24.7. The number of rotatable bonds is 5. The summed E-state index contributed by atoms with van der Waals surface area (Å²) in [5.74, 6) is -0.240. The summed E-state index contributed by atoms with van der Waals surface area (Å²) in [5.41, 5.74) is -4.20. The Morgan fingerprint density at radius 2 is 1.74 bits per heavy atom. The van der Waals surface area contributed by atoms with E-state index in [2.05, 4.69) is 21.0 Å². The van der Waals surface area contributed by atoms with Crippen LogP contribution >= 0.6 is 0 Å². The third-order valence-electron chi connectivity index (χ3n) is 4.71. The number of aromatic nitrogens is 4. The normalized spacial score (nSPS) is 12.8. The zero-order valence-electron chi connectivity index (χ0n) is 17.2. The maximum Gasteiger partial charge on any atom is 0.416 e. The van der Waals surface area contributed by atoms with Crippen molar-refractivity contribution >= 4 is 5.91 Å². The minimum atomic E-state index is -5.14. The Morgan fingerprint density at radius 3 is 2.26 bits per heavy atom. The smallest absolute Gasteiger partial charge is 0.318 e. The van der Waals surface area contributed by atoms with E-state index < -0.39 is 53.4 Å². The van der Waals surface area contributed by atoms with Crippen molar-refractivity contribution in [2.45, 2.75) is 25.3 Å². The second-order valence-electron chi connectivity index (χ2n) is 6.95.